The smallest absolute Gasteiger partial charge is 0.338 e. The van der Waals surface area contributed by atoms with E-state index in [9.17, 15) is 9.90 Å². The first-order valence-electron chi connectivity index (χ1n) is 5.52. The zero-order chi connectivity index (χ0) is 12.4. The molecule has 0 unspecified atom stereocenters. The average Bonchev–Trinajstić information content (AvgIpc) is 2.28. The van der Waals surface area contributed by atoms with Crippen LogP contribution in [0.2, 0.25) is 0 Å². The van der Waals surface area contributed by atoms with Crippen LogP contribution in [0.15, 0.2) is 30.3 Å². The highest BCUT2D eigenvalue weighted by molar-refractivity contribution is 5.98. The highest BCUT2D eigenvalue weighted by Gasteiger charge is 2.10. The summed E-state index contributed by atoms with van der Waals surface area (Å²) in [4.78, 5) is 11.6. The molecule has 0 aliphatic heterocycles. The van der Waals surface area contributed by atoms with Crippen LogP contribution >= 0.6 is 0 Å². The lowest BCUT2D eigenvalue weighted by Crippen LogP contribution is -2.04. The van der Waals surface area contributed by atoms with Crippen LogP contribution in [0.5, 0.6) is 5.75 Å². The first-order chi connectivity index (χ1) is 8.11. The number of carbonyl (C=O) groups excluding carboxylic acids is 1. The molecule has 1 N–H and O–H groups in total. The van der Waals surface area contributed by atoms with E-state index in [1.54, 1.807) is 13.0 Å². The summed E-state index contributed by atoms with van der Waals surface area (Å²) in [6.45, 7) is 4.04. The molecule has 0 amide bonds. The number of benzene rings is 2. The van der Waals surface area contributed by atoms with E-state index >= 15 is 0 Å². The van der Waals surface area contributed by atoms with Crippen molar-refractivity contribution in [3.05, 3.63) is 41.5 Å². The number of hydrogen-bond donors (Lipinski definition) is 1. The highest BCUT2D eigenvalue weighted by atomic mass is 16.5. The number of fused-ring (bicyclic) bond motifs is 1. The molecule has 0 aliphatic carbocycles. The minimum atomic E-state index is -0.411. The molecule has 3 nitrogen and oxygen atoms in total. The van der Waals surface area contributed by atoms with Crippen molar-refractivity contribution >= 4 is 16.7 Å². The van der Waals surface area contributed by atoms with Gasteiger partial charge in [-0.25, -0.2) is 4.79 Å². The lowest BCUT2D eigenvalue weighted by molar-refractivity contribution is 0.0526. The van der Waals surface area contributed by atoms with Crippen LogP contribution in [-0.2, 0) is 4.74 Å². The number of ether oxygens (including phenoxy) is 1. The number of aryl methyl sites for hydroxylation is 1. The van der Waals surface area contributed by atoms with E-state index in [-0.39, 0.29) is 5.75 Å². The molecule has 2 aromatic rings. The normalized spacial score (nSPS) is 10.5. The zero-order valence-electron chi connectivity index (χ0n) is 9.86. The standard InChI is InChI=1S/C14H14O3/c1-3-17-14(16)11-7-10-6-9(2)4-5-12(10)13(15)8-11/h4-8,15H,3H2,1-2H3. The maximum atomic E-state index is 11.6. The van der Waals surface area contributed by atoms with Gasteiger partial charge in [-0.05, 0) is 31.4 Å². The number of esters is 1. The molecule has 17 heavy (non-hydrogen) atoms. The predicted octanol–water partition coefficient (Wildman–Crippen LogP) is 3.03. The topological polar surface area (TPSA) is 46.5 Å². The first kappa shape index (κ1) is 11.5. The third-order valence-corrected chi connectivity index (χ3v) is 2.60. The van der Waals surface area contributed by atoms with Crippen molar-refractivity contribution < 1.29 is 14.6 Å². The van der Waals surface area contributed by atoms with Gasteiger partial charge in [-0.15, -0.1) is 0 Å². The van der Waals surface area contributed by atoms with Gasteiger partial charge in [0, 0.05) is 5.39 Å². The molecule has 0 aliphatic rings. The number of carbonyl (C=O) groups is 1. The molecule has 0 aromatic heterocycles. The Hall–Kier alpha value is -2.03. The molecule has 0 saturated heterocycles. The minimum Gasteiger partial charge on any atom is -0.507 e. The molecule has 88 valence electrons. The van der Waals surface area contributed by atoms with E-state index in [0.29, 0.717) is 12.2 Å². The molecule has 2 rings (SSSR count). The molecular formula is C14H14O3. The Bertz CT molecular complexity index is 573. The second-order valence-corrected chi connectivity index (χ2v) is 3.94. The number of phenols is 1. The number of hydrogen-bond acceptors (Lipinski definition) is 3. The molecular weight excluding hydrogens is 216 g/mol. The van der Waals surface area contributed by atoms with Gasteiger partial charge in [-0.3, -0.25) is 0 Å². The molecule has 0 saturated carbocycles. The molecule has 0 bridgehead atoms. The van der Waals surface area contributed by atoms with Crippen LogP contribution in [0.3, 0.4) is 0 Å². The van der Waals surface area contributed by atoms with Crippen LogP contribution < -0.4 is 0 Å². The van der Waals surface area contributed by atoms with Crippen molar-refractivity contribution in [2.45, 2.75) is 13.8 Å². The Morgan fingerprint density at radius 2 is 2.06 bits per heavy atom. The van der Waals surface area contributed by atoms with E-state index in [1.807, 2.05) is 25.1 Å². The van der Waals surface area contributed by atoms with Crippen LogP contribution in [0.4, 0.5) is 0 Å². The zero-order valence-corrected chi connectivity index (χ0v) is 9.86. The molecule has 0 fully saturated rings. The monoisotopic (exact) mass is 230 g/mol. The predicted molar refractivity (Wildman–Crippen MR) is 66.3 cm³/mol. The Morgan fingerprint density at radius 1 is 1.29 bits per heavy atom. The molecule has 0 heterocycles. The summed E-state index contributed by atoms with van der Waals surface area (Å²) in [5, 5.41) is 11.4. The molecule has 2 aromatic carbocycles. The lowest BCUT2D eigenvalue weighted by Gasteiger charge is -2.06. The van der Waals surface area contributed by atoms with Gasteiger partial charge in [0.05, 0.1) is 12.2 Å². The van der Waals surface area contributed by atoms with Crippen molar-refractivity contribution in [2.75, 3.05) is 6.61 Å². The Kier molecular flexibility index (Phi) is 3.00. The average molecular weight is 230 g/mol. The Balaban J connectivity index is 2.57. The van der Waals surface area contributed by atoms with E-state index in [4.69, 9.17) is 4.74 Å². The summed E-state index contributed by atoms with van der Waals surface area (Å²) >= 11 is 0. The summed E-state index contributed by atoms with van der Waals surface area (Å²) in [7, 11) is 0. The number of rotatable bonds is 2. The largest absolute Gasteiger partial charge is 0.507 e. The van der Waals surface area contributed by atoms with E-state index < -0.39 is 5.97 Å². The molecule has 3 heteroatoms. The third-order valence-electron chi connectivity index (χ3n) is 2.60. The number of phenolic OH excluding ortho intramolecular Hbond substituents is 1. The van der Waals surface area contributed by atoms with E-state index in [1.165, 1.54) is 6.07 Å². The summed E-state index contributed by atoms with van der Waals surface area (Å²) in [6, 6.07) is 8.87. The lowest BCUT2D eigenvalue weighted by atomic mass is 10.0. The van der Waals surface area contributed by atoms with Crippen molar-refractivity contribution in [2.24, 2.45) is 0 Å². The van der Waals surface area contributed by atoms with Gasteiger partial charge >= 0.3 is 5.97 Å². The van der Waals surface area contributed by atoms with Gasteiger partial charge in [0.25, 0.3) is 0 Å². The maximum absolute atomic E-state index is 11.6. The fraction of sp³-hybridized carbons (Fsp3) is 0.214. The second-order valence-electron chi connectivity index (χ2n) is 3.94. The van der Waals surface area contributed by atoms with Crippen LogP contribution in [0, 0.1) is 6.92 Å². The number of aromatic hydroxyl groups is 1. The van der Waals surface area contributed by atoms with Crippen LogP contribution in [0.1, 0.15) is 22.8 Å². The van der Waals surface area contributed by atoms with Gasteiger partial charge in [0.1, 0.15) is 5.75 Å². The molecule has 0 spiro atoms. The van der Waals surface area contributed by atoms with Crippen molar-refractivity contribution in [3.8, 4) is 5.75 Å². The second kappa shape index (κ2) is 4.45. The first-order valence-corrected chi connectivity index (χ1v) is 5.52. The van der Waals surface area contributed by atoms with Gasteiger partial charge in [0.2, 0.25) is 0 Å². The third kappa shape index (κ3) is 2.23. The summed E-state index contributed by atoms with van der Waals surface area (Å²) < 4.78 is 4.91. The van der Waals surface area contributed by atoms with Gasteiger partial charge in [-0.1, -0.05) is 23.8 Å². The van der Waals surface area contributed by atoms with E-state index in [2.05, 4.69) is 0 Å². The SMILES string of the molecule is CCOC(=O)c1cc(O)c2ccc(C)cc2c1. The molecule has 0 radical (unpaired) electrons. The van der Waals surface area contributed by atoms with Gasteiger partial charge in [-0.2, -0.15) is 0 Å². The van der Waals surface area contributed by atoms with Crippen LogP contribution in [0.25, 0.3) is 10.8 Å². The highest BCUT2D eigenvalue weighted by Crippen LogP contribution is 2.27. The molecule has 0 atom stereocenters. The minimum absolute atomic E-state index is 0.102. The fourth-order valence-electron chi connectivity index (χ4n) is 1.80. The quantitative estimate of drug-likeness (QED) is 0.806. The Labute approximate surface area is 99.6 Å². The van der Waals surface area contributed by atoms with Gasteiger partial charge < -0.3 is 9.84 Å². The maximum Gasteiger partial charge on any atom is 0.338 e. The van der Waals surface area contributed by atoms with Crippen molar-refractivity contribution in [1.82, 2.24) is 0 Å². The summed E-state index contributed by atoms with van der Waals surface area (Å²) in [6.07, 6.45) is 0. The van der Waals surface area contributed by atoms with Crippen molar-refractivity contribution in [3.63, 3.8) is 0 Å². The van der Waals surface area contributed by atoms with E-state index in [0.717, 1.165) is 16.3 Å². The summed E-state index contributed by atoms with van der Waals surface area (Å²) in [5.74, 6) is -0.309. The van der Waals surface area contributed by atoms with Crippen LogP contribution in [-0.4, -0.2) is 17.7 Å². The summed E-state index contributed by atoms with van der Waals surface area (Å²) in [5.41, 5.74) is 1.46. The Morgan fingerprint density at radius 3 is 2.76 bits per heavy atom. The van der Waals surface area contributed by atoms with Gasteiger partial charge in [0.15, 0.2) is 0 Å². The van der Waals surface area contributed by atoms with Crippen molar-refractivity contribution in [1.29, 1.82) is 0 Å². The fourth-order valence-corrected chi connectivity index (χ4v) is 1.80.